The van der Waals surface area contributed by atoms with Gasteiger partial charge in [-0.3, -0.25) is 4.79 Å². The Morgan fingerprint density at radius 1 is 1.39 bits per heavy atom. The molecule has 2 rings (SSSR count). The summed E-state index contributed by atoms with van der Waals surface area (Å²) in [5, 5.41) is 0. The Morgan fingerprint density at radius 3 is 2.61 bits per heavy atom. The van der Waals surface area contributed by atoms with Crippen molar-refractivity contribution in [3.05, 3.63) is 29.3 Å². The van der Waals surface area contributed by atoms with E-state index in [-0.39, 0.29) is 18.0 Å². The van der Waals surface area contributed by atoms with E-state index < -0.39 is 0 Å². The minimum Gasteiger partial charge on any atom is -0.326 e. The van der Waals surface area contributed by atoms with Crippen molar-refractivity contribution in [3.8, 4) is 0 Å². The molecule has 0 aliphatic carbocycles. The Kier molecular flexibility index (Phi) is 3.41. The van der Waals surface area contributed by atoms with Crippen LogP contribution in [-0.4, -0.2) is 38.0 Å². The van der Waals surface area contributed by atoms with E-state index in [1.165, 1.54) is 5.56 Å². The van der Waals surface area contributed by atoms with Crippen LogP contribution in [0.25, 0.3) is 0 Å². The molecule has 2 N–H and O–H groups in total. The Morgan fingerprint density at radius 2 is 2.06 bits per heavy atom. The van der Waals surface area contributed by atoms with Gasteiger partial charge in [0.15, 0.2) is 0 Å². The summed E-state index contributed by atoms with van der Waals surface area (Å²) < 4.78 is 0. The second-order valence-electron chi connectivity index (χ2n) is 5.29. The van der Waals surface area contributed by atoms with Gasteiger partial charge in [-0.2, -0.15) is 0 Å². The predicted molar refractivity (Wildman–Crippen MR) is 73.6 cm³/mol. The minimum absolute atomic E-state index is 0.0490. The van der Waals surface area contributed by atoms with Crippen molar-refractivity contribution in [1.82, 2.24) is 4.90 Å². The lowest BCUT2D eigenvalue weighted by molar-refractivity contribution is -0.117. The molecule has 2 unspecified atom stereocenters. The standard InChI is InChI=1S/C14H21N3O/c1-9(15)14(16(2)3)10-5-6-12-11(7-10)8-13(18)17(12)4/h5-7,9,14H,8,15H2,1-4H3. The first-order valence-electron chi connectivity index (χ1n) is 6.23. The SMILES string of the molecule is CC(N)C(c1ccc2c(c1)CC(=O)N2C)N(C)C. The number of hydrogen-bond acceptors (Lipinski definition) is 3. The topological polar surface area (TPSA) is 49.6 Å². The van der Waals surface area contributed by atoms with E-state index in [9.17, 15) is 4.79 Å². The lowest BCUT2D eigenvalue weighted by Gasteiger charge is -2.28. The summed E-state index contributed by atoms with van der Waals surface area (Å²) in [4.78, 5) is 15.5. The number of benzene rings is 1. The summed E-state index contributed by atoms with van der Waals surface area (Å²) in [5.41, 5.74) is 9.35. The maximum Gasteiger partial charge on any atom is 0.231 e. The smallest absolute Gasteiger partial charge is 0.231 e. The van der Waals surface area contributed by atoms with Crippen LogP contribution in [0.1, 0.15) is 24.1 Å². The monoisotopic (exact) mass is 247 g/mol. The third-order valence-corrected chi connectivity index (χ3v) is 3.58. The lowest BCUT2D eigenvalue weighted by Crippen LogP contribution is -2.35. The zero-order valence-corrected chi connectivity index (χ0v) is 11.5. The number of likely N-dealkylation sites (N-methyl/N-ethyl adjacent to an activating group) is 2. The molecule has 1 aliphatic heterocycles. The van der Waals surface area contributed by atoms with E-state index >= 15 is 0 Å². The molecule has 1 aromatic carbocycles. The van der Waals surface area contributed by atoms with Gasteiger partial charge in [0.2, 0.25) is 5.91 Å². The second-order valence-corrected chi connectivity index (χ2v) is 5.29. The van der Waals surface area contributed by atoms with Crippen molar-refractivity contribution < 1.29 is 4.79 Å². The zero-order chi connectivity index (χ0) is 13.4. The number of nitrogens with two attached hydrogens (primary N) is 1. The highest BCUT2D eigenvalue weighted by molar-refractivity contribution is 6.00. The largest absolute Gasteiger partial charge is 0.326 e. The van der Waals surface area contributed by atoms with Crippen molar-refractivity contribution in [2.45, 2.75) is 25.4 Å². The molecule has 98 valence electrons. The molecule has 1 aliphatic rings. The first-order chi connectivity index (χ1) is 8.41. The van der Waals surface area contributed by atoms with E-state index in [2.05, 4.69) is 17.0 Å². The van der Waals surface area contributed by atoms with Crippen LogP contribution in [0.15, 0.2) is 18.2 Å². The third kappa shape index (κ3) is 2.13. The Hall–Kier alpha value is -1.39. The molecule has 4 heteroatoms. The lowest BCUT2D eigenvalue weighted by atomic mass is 9.97. The van der Waals surface area contributed by atoms with Gasteiger partial charge in [0, 0.05) is 24.8 Å². The maximum absolute atomic E-state index is 11.7. The molecule has 1 heterocycles. The van der Waals surface area contributed by atoms with Gasteiger partial charge in [0.25, 0.3) is 0 Å². The fourth-order valence-electron chi connectivity index (χ4n) is 2.75. The summed E-state index contributed by atoms with van der Waals surface area (Å²) in [6.07, 6.45) is 0.499. The second kappa shape index (κ2) is 4.71. The molecule has 1 amide bonds. The first-order valence-corrected chi connectivity index (χ1v) is 6.23. The van der Waals surface area contributed by atoms with Crippen molar-refractivity contribution in [1.29, 1.82) is 0 Å². The van der Waals surface area contributed by atoms with Gasteiger partial charge >= 0.3 is 0 Å². The molecule has 1 aromatic rings. The Bertz CT molecular complexity index is 460. The van der Waals surface area contributed by atoms with E-state index in [1.54, 1.807) is 4.90 Å². The van der Waals surface area contributed by atoms with Gasteiger partial charge in [-0.05, 0) is 38.2 Å². The molecule has 0 radical (unpaired) electrons. The highest BCUT2D eigenvalue weighted by Crippen LogP contribution is 2.31. The van der Waals surface area contributed by atoms with Crippen LogP contribution in [0.2, 0.25) is 0 Å². The summed E-state index contributed by atoms with van der Waals surface area (Å²) in [6.45, 7) is 2.01. The third-order valence-electron chi connectivity index (χ3n) is 3.58. The zero-order valence-electron chi connectivity index (χ0n) is 11.5. The van der Waals surface area contributed by atoms with Crippen LogP contribution in [0, 0.1) is 0 Å². The molecule has 0 aromatic heterocycles. The molecule has 0 saturated carbocycles. The number of fused-ring (bicyclic) bond motifs is 1. The average Bonchev–Trinajstić information content (AvgIpc) is 2.53. The van der Waals surface area contributed by atoms with Crippen molar-refractivity contribution in [2.24, 2.45) is 5.73 Å². The fraction of sp³-hybridized carbons (Fsp3) is 0.500. The predicted octanol–water partition coefficient (Wildman–Crippen LogP) is 1.16. The maximum atomic E-state index is 11.7. The van der Waals surface area contributed by atoms with Gasteiger partial charge in [-0.25, -0.2) is 0 Å². The molecule has 0 spiro atoms. The van der Waals surface area contributed by atoms with E-state index in [4.69, 9.17) is 5.73 Å². The van der Waals surface area contributed by atoms with Gasteiger partial charge in [0.1, 0.15) is 0 Å². The van der Waals surface area contributed by atoms with Crippen molar-refractivity contribution in [3.63, 3.8) is 0 Å². The molecule has 0 bridgehead atoms. The number of hydrogen-bond donors (Lipinski definition) is 1. The van der Waals surface area contributed by atoms with Gasteiger partial charge in [-0.1, -0.05) is 12.1 Å². The van der Waals surface area contributed by atoms with Crippen molar-refractivity contribution >= 4 is 11.6 Å². The number of nitrogens with zero attached hydrogens (tertiary/aromatic N) is 2. The van der Waals surface area contributed by atoms with E-state index in [1.807, 2.05) is 34.1 Å². The highest BCUT2D eigenvalue weighted by Gasteiger charge is 2.26. The number of rotatable bonds is 3. The van der Waals surface area contributed by atoms with Crippen LogP contribution in [-0.2, 0) is 11.2 Å². The quantitative estimate of drug-likeness (QED) is 0.872. The van der Waals surface area contributed by atoms with Gasteiger partial charge in [-0.15, -0.1) is 0 Å². The minimum atomic E-state index is 0.0490. The molecule has 18 heavy (non-hydrogen) atoms. The number of amides is 1. The molecular weight excluding hydrogens is 226 g/mol. The molecule has 0 saturated heterocycles. The summed E-state index contributed by atoms with van der Waals surface area (Å²) >= 11 is 0. The molecule has 2 atom stereocenters. The molecule has 0 fully saturated rings. The Balaban J connectivity index is 2.38. The summed E-state index contributed by atoms with van der Waals surface area (Å²) in [6, 6.07) is 6.44. The number of carbonyl (C=O) groups is 1. The molecule has 4 nitrogen and oxygen atoms in total. The normalized spacial score (nSPS) is 18.1. The summed E-state index contributed by atoms with van der Waals surface area (Å²) in [7, 11) is 5.87. The molecular formula is C14H21N3O. The highest BCUT2D eigenvalue weighted by atomic mass is 16.2. The van der Waals surface area contributed by atoms with Crippen molar-refractivity contribution in [2.75, 3.05) is 26.0 Å². The Labute approximate surface area is 108 Å². The van der Waals surface area contributed by atoms with Gasteiger partial charge < -0.3 is 15.5 Å². The van der Waals surface area contributed by atoms with Crippen LogP contribution in [0.4, 0.5) is 5.69 Å². The fourth-order valence-corrected chi connectivity index (χ4v) is 2.75. The van der Waals surface area contributed by atoms with Crippen LogP contribution >= 0.6 is 0 Å². The van der Waals surface area contributed by atoms with E-state index in [0.717, 1.165) is 11.3 Å². The van der Waals surface area contributed by atoms with Crippen LogP contribution in [0.5, 0.6) is 0 Å². The van der Waals surface area contributed by atoms with E-state index in [0.29, 0.717) is 6.42 Å². The first kappa shape index (κ1) is 13.1. The number of carbonyl (C=O) groups excluding carboxylic acids is 1. The average molecular weight is 247 g/mol. The van der Waals surface area contributed by atoms with Crippen LogP contribution in [0.3, 0.4) is 0 Å². The van der Waals surface area contributed by atoms with Crippen LogP contribution < -0.4 is 10.6 Å². The summed E-state index contributed by atoms with van der Waals surface area (Å²) in [5.74, 6) is 0.157. The van der Waals surface area contributed by atoms with Gasteiger partial charge in [0.05, 0.1) is 6.42 Å². The number of anilines is 1.